The van der Waals surface area contributed by atoms with E-state index in [1.54, 1.807) is 0 Å². The monoisotopic (exact) mass is 302 g/mol. The highest BCUT2D eigenvalue weighted by Crippen LogP contribution is 2.31. The maximum Gasteiger partial charge on any atom is 0.433 e. The molecule has 0 bridgehead atoms. The van der Waals surface area contributed by atoms with E-state index >= 15 is 0 Å². The van der Waals surface area contributed by atoms with Crippen LogP contribution in [0, 0.1) is 0 Å². The van der Waals surface area contributed by atoms with Crippen LogP contribution in [0.25, 0.3) is 0 Å². The van der Waals surface area contributed by atoms with E-state index in [4.69, 9.17) is 4.74 Å². The van der Waals surface area contributed by atoms with Crippen LogP contribution in [0.5, 0.6) is 0 Å². The van der Waals surface area contributed by atoms with E-state index < -0.39 is 11.9 Å². The standard InChI is InChI=1S/C13H17F3N4O/c14-13(15,16)10-6-11(17-7-9-2-1-5-21-9)20-12(19-10)18-8-3-4-8/h6,8-9H,1-5,7H2,(H2,17,18,19,20)/t9-/m1/s1. The van der Waals surface area contributed by atoms with Crippen molar-refractivity contribution in [1.82, 2.24) is 9.97 Å². The maximum atomic E-state index is 12.9. The summed E-state index contributed by atoms with van der Waals surface area (Å²) in [5, 5.41) is 5.82. The summed E-state index contributed by atoms with van der Waals surface area (Å²) in [5.41, 5.74) is -0.935. The molecule has 1 aliphatic heterocycles. The maximum absolute atomic E-state index is 12.9. The molecule has 1 aromatic heterocycles. The van der Waals surface area contributed by atoms with Gasteiger partial charge in [0.15, 0.2) is 5.69 Å². The topological polar surface area (TPSA) is 59.1 Å². The summed E-state index contributed by atoms with van der Waals surface area (Å²) < 4.78 is 44.0. The van der Waals surface area contributed by atoms with Crippen LogP contribution in [0.15, 0.2) is 6.07 Å². The molecule has 0 amide bonds. The molecule has 8 heteroatoms. The van der Waals surface area contributed by atoms with Crippen molar-refractivity contribution in [2.45, 2.75) is 44.0 Å². The molecular formula is C13H17F3N4O. The molecule has 0 radical (unpaired) electrons. The van der Waals surface area contributed by atoms with Gasteiger partial charge in [0, 0.05) is 25.3 Å². The molecule has 3 rings (SSSR count). The summed E-state index contributed by atoms with van der Waals surface area (Å²) in [7, 11) is 0. The number of halogens is 3. The quantitative estimate of drug-likeness (QED) is 0.875. The number of rotatable bonds is 5. The molecule has 116 valence electrons. The largest absolute Gasteiger partial charge is 0.433 e. The van der Waals surface area contributed by atoms with Crippen LogP contribution in [-0.4, -0.2) is 35.3 Å². The first-order valence-corrected chi connectivity index (χ1v) is 7.09. The van der Waals surface area contributed by atoms with Gasteiger partial charge in [-0.1, -0.05) is 0 Å². The van der Waals surface area contributed by atoms with Crippen LogP contribution in [0.1, 0.15) is 31.4 Å². The fraction of sp³-hybridized carbons (Fsp3) is 0.692. The van der Waals surface area contributed by atoms with E-state index in [0.717, 1.165) is 31.7 Å². The molecule has 1 atom stereocenters. The van der Waals surface area contributed by atoms with Crippen molar-refractivity contribution < 1.29 is 17.9 Å². The third-order valence-electron chi connectivity index (χ3n) is 3.46. The summed E-state index contributed by atoms with van der Waals surface area (Å²) >= 11 is 0. The molecule has 1 saturated carbocycles. The molecule has 0 unspecified atom stereocenters. The van der Waals surface area contributed by atoms with Gasteiger partial charge in [0.1, 0.15) is 5.82 Å². The molecule has 5 nitrogen and oxygen atoms in total. The van der Waals surface area contributed by atoms with Crippen LogP contribution in [0.3, 0.4) is 0 Å². The van der Waals surface area contributed by atoms with Crippen molar-refractivity contribution in [3.63, 3.8) is 0 Å². The van der Waals surface area contributed by atoms with Gasteiger partial charge >= 0.3 is 6.18 Å². The van der Waals surface area contributed by atoms with Gasteiger partial charge in [-0.25, -0.2) is 4.98 Å². The molecule has 0 spiro atoms. The number of nitrogens with one attached hydrogen (secondary N) is 2. The predicted octanol–water partition coefficient (Wildman–Crippen LogP) is 2.66. The Morgan fingerprint density at radius 3 is 2.67 bits per heavy atom. The van der Waals surface area contributed by atoms with E-state index in [0.29, 0.717) is 13.2 Å². The van der Waals surface area contributed by atoms with Crippen molar-refractivity contribution in [2.75, 3.05) is 23.8 Å². The zero-order valence-corrected chi connectivity index (χ0v) is 11.4. The van der Waals surface area contributed by atoms with E-state index in [1.165, 1.54) is 0 Å². The summed E-state index contributed by atoms with van der Waals surface area (Å²) in [4.78, 5) is 7.65. The lowest BCUT2D eigenvalue weighted by Gasteiger charge is -2.14. The SMILES string of the molecule is FC(F)(F)c1cc(NC[C@H]2CCCO2)nc(NC2CC2)n1. The number of hydrogen-bond donors (Lipinski definition) is 2. The Balaban J connectivity index is 1.73. The van der Waals surface area contributed by atoms with Crippen LogP contribution in [-0.2, 0) is 10.9 Å². The lowest BCUT2D eigenvalue weighted by atomic mass is 10.2. The second-order valence-corrected chi connectivity index (χ2v) is 5.39. The van der Waals surface area contributed by atoms with Gasteiger partial charge < -0.3 is 15.4 Å². The van der Waals surface area contributed by atoms with Gasteiger partial charge in [0.05, 0.1) is 6.10 Å². The summed E-state index contributed by atoms with van der Waals surface area (Å²) in [6.45, 7) is 1.16. The zero-order valence-electron chi connectivity index (χ0n) is 11.4. The highest BCUT2D eigenvalue weighted by Gasteiger charge is 2.34. The fourth-order valence-corrected chi connectivity index (χ4v) is 2.18. The van der Waals surface area contributed by atoms with Crippen LogP contribution in [0.4, 0.5) is 24.9 Å². The highest BCUT2D eigenvalue weighted by atomic mass is 19.4. The van der Waals surface area contributed by atoms with Crippen molar-refractivity contribution in [2.24, 2.45) is 0 Å². The van der Waals surface area contributed by atoms with Crippen LogP contribution < -0.4 is 10.6 Å². The third-order valence-corrected chi connectivity index (χ3v) is 3.46. The smallest absolute Gasteiger partial charge is 0.376 e. The number of hydrogen-bond acceptors (Lipinski definition) is 5. The molecule has 2 N–H and O–H groups in total. The minimum Gasteiger partial charge on any atom is -0.376 e. The lowest BCUT2D eigenvalue weighted by Crippen LogP contribution is -2.20. The molecular weight excluding hydrogens is 285 g/mol. The summed E-state index contributed by atoms with van der Waals surface area (Å²) in [6, 6.07) is 1.13. The van der Waals surface area contributed by atoms with Gasteiger partial charge in [0.2, 0.25) is 5.95 Å². The van der Waals surface area contributed by atoms with Gasteiger partial charge in [-0.15, -0.1) is 0 Å². The average Bonchev–Trinajstić information content (AvgIpc) is 3.07. The van der Waals surface area contributed by atoms with Crippen LogP contribution >= 0.6 is 0 Å². The Labute approximate surface area is 120 Å². The number of alkyl halides is 3. The first-order valence-electron chi connectivity index (χ1n) is 7.09. The lowest BCUT2D eigenvalue weighted by molar-refractivity contribution is -0.141. The van der Waals surface area contributed by atoms with Gasteiger partial charge in [0.25, 0.3) is 0 Å². The molecule has 1 aromatic rings. The molecule has 0 aromatic carbocycles. The zero-order chi connectivity index (χ0) is 14.9. The van der Waals surface area contributed by atoms with Gasteiger partial charge in [-0.2, -0.15) is 18.2 Å². The average molecular weight is 302 g/mol. The first-order chi connectivity index (χ1) is 10.0. The first kappa shape index (κ1) is 14.4. The summed E-state index contributed by atoms with van der Waals surface area (Å²) in [6.07, 6.45) is -0.663. The van der Waals surface area contributed by atoms with Crippen molar-refractivity contribution in [3.05, 3.63) is 11.8 Å². The predicted molar refractivity (Wildman–Crippen MR) is 71.1 cm³/mol. The molecule has 1 saturated heterocycles. The van der Waals surface area contributed by atoms with E-state index in [9.17, 15) is 13.2 Å². The molecule has 2 aliphatic rings. The summed E-state index contributed by atoms with van der Waals surface area (Å²) in [5.74, 6) is 0.207. The van der Waals surface area contributed by atoms with Crippen molar-refractivity contribution >= 4 is 11.8 Å². The Kier molecular flexibility index (Phi) is 3.88. The Morgan fingerprint density at radius 1 is 1.24 bits per heavy atom. The van der Waals surface area contributed by atoms with Gasteiger partial charge in [-0.3, -0.25) is 0 Å². The molecule has 21 heavy (non-hydrogen) atoms. The molecule has 2 heterocycles. The highest BCUT2D eigenvalue weighted by molar-refractivity contribution is 5.44. The number of anilines is 2. The van der Waals surface area contributed by atoms with E-state index in [-0.39, 0.29) is 23.9 Å². The minimum atomic E-state index is -4.48. The van der Waals surface area contributed by atoms with Crippen molar-refractivity contribution in [1.29, 1.82) is 0 Å². The second kappa shape index (κ2) is 5.67. The molecule has 1 aliphatic carbocycles. The minimum absolute atomic E-state index is 0.0298. The van der Waals surface area contributed by atoms with E-state index in [1.807, 2.05) is 0 Å². The fourth-order valence-electron chi connectivity index (χ4n) is 2.18. The Hall–Kier alpha value is -1.57. The van der Waals surface area contributed by atoms with Gasteiger partial charge in [-0.05, 0) is 25.7 Å². The number of nitrogens with zero attached hydrogens (tertiary/aromatic N) is 2. The Morgan fingerprint density at radius 2 is 2.05 bits per heavy atom. The third kappa shape index (κ3) is 3.96. The second-order valence-electron chi connectivity index (χ2n) is 5.39. The van der Waals surface area contributed by atoms with E-state index in [2.05, 4.69) is 20.6 Å². The number of ether oxygens (including phenoxy) is 1. The normalized spacial score (nSPS) is 22.3. The molecule has 2 fully saturated rings. The number of aromatic nitrogens is 2. The van der Waals surface area contributed by atoms with Crippen LogP contribution in [0.2, 0.25) is 0 Å². The Bertz CT molecular complexity index is 499. The van der Waals surface area contributed by atoms with Crippen molar-refractivity contribution in [3.8, 4) is 0 Å².